The third-order valence-corrected chi connectivity index (χ3v) is 3.51. The molecule has 1 nitrogen and oxygen atoms in total. The van der Waals surface area contributed by atoms with Gasteiger partial charge in [-0.3, -0.25) is 0 Å². The molecule has 0 heterocycles. The van der Waals surface area contributed by atoms with Gasteiger partial charge >= 0.3 is 0 Å². The van der Waals surface area contributed by atoms with Gasteiger partial charge < -0.3 is 5.32 Å². The zero-order valence-electron chi connectivity index (χ0n) is 9.89. The molecule has 0 aliphatic heterocycles. The molecule has 0 aliphatic rings. The standard InChI is InChI=1S/C13H19BrClN/c1-3-5-6-11(4-2)16-13-9-10(14)7-8-12(13)15/h7-9,11,16H,3-6H2,1-2H3. The van der Waals surface area contributed by atoms with Crippen molar-refractivity contribution in [3.05, 3.63) is 27.7 Å². The van der Waals surface area contributed by atoms with Gasteiger partial charge in [0.15, 0.2) is 0 Å². The SMILES string of the molecule is CCCCC(CC)Nc1cc(Br)ccc1Cl. The second kappa shape index (κ2) is 7.18. The summed E-state index contributed by atoms with van der Waals surface area (Å²) in [5.74, 6) is 0. The summed E-state index contributed by atoms with van der Waals surface area (Å²) in [5.41, 5.74) is 1.03. The van der Waals surface area contributed by atoms with Crippen LogP contribution in [0.1, 0.15) is 39.5 Å². The second-order valence-electron chi connectivity index (χ2n) is 4.02. The molecule has 1 atom stereocenters. The van der Waals surface area contributed by atoms with Gasteiger partial charge in [-0.05, 0) is 31.0 Å². The maximum atomic E-state index is 6.15. The first-order chi connectivity index (χ1) is 7.67. The van der Waals surface area contributed by atoms with E-state index in [2.05, 4.69) is 35.1 Å². The van der Waals surface area contributed by atoms with Gasteiger partial charge in [0.2, 0.25) is 0 Å². The highest BCUT2D eigenvalue weighted by Crippen LogP contribution is 2.27. The Morgan fingerprint density at radius 1 is 1.38 bits per heavy atom. The van der Waals surface area contributed by atoms with E-state index in [1.54, 1.807) is 0 Å². The first-order valence-corrected chi connectivity index (χ1v) is 7.06. The molecule has 0 bridgehead atoms. The molecule has 0 amide bonds. The summed E-state index contributed by atoms with van der Waals surface area (Å²) in [5, 5.41) is 4.30. The van der Waals surface area contributed by atoms with Crippen molar-refractivity contribution in [2.24, 2.45) is 0 Å². The molecule has 0 spiro atoms. The van der Waals surface area contributed by atoms with Crippen molar-refractivity contribution >= 4 is 33.2 Å². The Hall–Kier alpha value is -0.210. The number of hydrogen-bond donors (Lipinski definition) is 1. The zero-order chi connectivity index (χ0) is 12.0. The van der Waals surface area contributed by atoms with Crippen molar-refractivity contribution in [1.29, 1.82) is 0 Å². The fraction of sp³-hybridized carbons (Fsp3) is 0.538. The number of benzene rings is 1. The van der Waals surface area contributed by atoms with Crippen LogP contribution in [0.25, 0.3) is 0 Å². The Balaban J connectivity index is 2.65. The van der Waals surface area contributed by atoms with Gasteiger partial charge in [-0.25, -0.2) is 0 Å². The van der Waals surface area contributed by atoms with Crippen LogP contribution < -0.4 is 5.32 Å². The number of nitrogens with one attached hydrogen (secondary N) is 1. The number of unbranched alkanes of at least 4 members (excludes halogenated alkanes) is 1. The van der Waals surface area contributed by atoms with E-state index in [9.17, 15) is 0 Å². The minimum absolute atomic E-state index is 0.520. The van der Waals surface area contributed by atoms with Crippen LogP contribution in [0, 0.1) is 0 Å². The monoisotopic (exact) mass is 303 g/mol. The lowest BCUT2D eigenvalue weighted by molar-refractivity contribution is 0.593. The molecular formula is C13H19BrClN. The molecule has 1 unspecified atom stereocenters. The third-order valence-electron chi connectivity index (χ3n) is 2.69. The van der Waals surface area contributed by atoms with Crippen LogP contribution in [0.2, 0.25) is 5.02 Å². The molecule has 0 radical (unpaired) electrons. The lowest BCUT2D eigenvalue weighted by Gasteiger charge is -2.19. The Labute approximate surface area is 112 Å². The number of hydrogen-bond acceptors (Lipinski definition) is 1. The maximum absolute atomic E-state index is 6.15. The first kappa shape index (κ1) is 13.9. The van der Waals surface area contributed by atoms with Gasteiger partial charge in [-0.1, -0.05) is 54.2 Å². The van der Waals surface area contributed by atoms with E-state index in [4.69, 9.17) is 11.6 Å². The molecule has 0 aliphatic carbocycles. The summed E-state index contributed by atoms with van der Waals surface area (Å²) in [6.07, 6.45) is 4.83. The van der Waals surface area contributed by atoms with Crippen molar-refractivity contribution in [3.63, 3.8) is 0 Å². The van der Waals surface area contributed by atoms with Crippen molar-refractivity contribution < 1.29 is 0 Å². The minimum Gasteiger partial charge on any atom is -0.381 e. The highest BCUT2D eigenvalue weighted by atomic mass is 79.9. The Morgan fingerprint density at radius 3 is 2.75 bits per heavy atom. The summed E-state index contributed by atoms with van der Waals surface area (Å²) in [7, 11) is 0. The number of anilines is 1. The van der Waals surface area contributed by atoms with Gasteiger partial charge in [0.05, 0.1) is 10.7 Å². The van der Waals surface area contributed by atoms with Crippen LogP contribution in [0.5, 0.6) is 0 Å². The van der Waals surface area contributed by atoms with Gasteiger partial charge in [0, 0.05) is 10.5 Å². The van der Waals surface area contributed by atoms with E-state index in [0.717, 1.165) is 21.6 Å². The molecule has 90 valence electrons. The van der Waals surface area contributed by atoms with Crippen LogP contribution in [-0.2, 0) is 0 Å². The highest BCUT2D eigenvalue weighted by molar-refractivity contribution is 9.10. The van der Waals surface area contributed by atoms with Crippen LogP contribution in [0.4, 0.5) is 5.69 Å². The summed E-state index contributed by atoms with van der Waals surface area (Å²) in [4.78, 5) is 0. The summed E-state index contributed by atoms with van der Waals surface area (Å²) < 4.78 is 1.06. The molecule has 0 aromatic heterocycles. The molecule has 1 aromatic carbocycles. The Morgan fingerprint density at radius 2 is 2.12 bits per heavy atom. The molecule has 0 saturated heterocycles. The van der Waals surface area contributed by atoms with Crippen LogP contribution in [0.3, 0.4) is 0 Å². The second-order valence-corrected chi connectivity index (χ2v) is 5.34. The lowest BCUT2D eigenvalue weighted by atomic mass is 10.1. The van der Waals surface area contributed by atoms with Gasteiger partial charge in [-0.2, -0.15) is 0 Å². The van der Waals surface area contributed by atoms with Crippen LogP contribution in [-0.4, -0.2) is 6.04 Å². The Bertz CT molecular complexity index is 328. The number of rotatable bonds is 6. The average Bonchev–Trinajstić information content (AvgIpc) is 2.28. The molecule has 16 heavy (non-hydrogen) atoms. The first-order valence-electron chi connectivity index (χ1n) is 5.89. The average molecular weight is 305 g/mol. The van der Waals surface area contributed by atoms with Gasteiger partial charge in [0.25, 0.3) is 0 Å². The van der Waals surface area contributed by atoms with E-state index in [-0.39, 0.29) is 0 Å². The fourth-order valence-corrected chi connectivity index (χ4v) is 2.19. The van der Waals surface area contributed by atoms with Crippen LogP contribution in [0.15, 0.2) is 22.7 Å². The number of halogens is 2. The van der Waals surface area contributed by atoms with Gasteiger partial charge in [-0.15, -0.1) is 0 Å². The summed E-state index contributed by atoms with van der Waals surface area (Å²) in [6, 6.07) is 6.43. The van der Waals surface area contributed by atoms with E-state index in [0.29, 0.717) is 6.04 Å². The van der Waals surface area contributed by atoms with Crippen molar-refractivity contribution in [2.75, 3.05) is 5.32 Å². The molecule has 3 heteroatoms. The summed E-state index contributed by atoms with van der Waals surface area (Å²) >= 11 is 9.61. The van der Waals surface area contributed by atoms with E-state index < -0.39 is 0 Å². The predicted octanol–water partition coefficient (Wildman–Crippen LogP) is 5.48. The van der Waals surface area contributed by atoms with Crippen molar-refractivity contribution in [1.82, 2.24) is 0 Å². The van der Waals surface area contributed by atoms with Gasteiger partial charge in [0.1, 0.15) is 0 Å². The molecule has 1 N–H and O–H groups in total. The van der Waals surface area contributed by atoms with Crippen LogP contribution >= 0.6 is 27.5 Å². The summed E-state index contributed by atoms with van der Waals surface area (Å²) in [6.45, 7) is 4.43. The lowest BCUT2D eigenvalue weighted by Crippen LogP contribution is -2.18. The normalized spacial score (nSPS) is 12.5. The molecule has 0 saturated carbocycles. The molecular weight excluding hydrogens is 286 g/mol. The quantitative estimate of drug-likeness (QED) is 0.733. The fourth-order valence-electron chi connectivity index (χ4n) is 1.66. The molecule has 1 rings (SSSR count). The maximum Gasteiger partial charge on any atom is 0.0638 e. The van der Waals surface area contributed by atoms with Crippen molar-refractivity contribution in [3.8, 4) is 0 Å². The molecule has 1 aromatic rings. The largest absolute Gasteiger partial charge is 0.381 e. The van der Waals surface area contributed by atoms with Crippen molar-refractivity contribution in [2.45, 2.75) is 45.6 Å². The minimum atomic E-state index is 0.520. The zero-order valence-corrected chi connectivity index (χ0v) is 12.2. The Kier molecular flexibility index (Phi) is 6.22. The topological polar surface area (TPSA) is 12.0 Å². The van der Waals surface area contributed by atoms with E-state index >= 15 is 0 Å². The third kappa shape index (κ3) is 4.34. The predicted molar refractivity (Wildman–Crippen MR) is 76.4 cm³/mol. The highest BCUT2D eigenvalue weighted by Gasteiger charge is 2.08. The van der Waals surface area contributed by atoms with E-state index in [1.165, 1.54) is 19.3 Å². The van der Waals surface area contributed by atoms with E-state index in [1.807, 2.05) is 18.2 Å². The molecule has 0 fully saturated rings. The smallest absolute Gasteiger partial charge is 0.0638 e.